The predicted octanol–water partition coefficient (Wildman–Crippen LogP) is 1.72. The van der Waals surface area contributed by atoms with Crippen molar-refractivity contribution in [1.29, 1.82) is 0 Å². The van der Waals surface area contributed by atoms with Crippen LogP contribution in [0.2, 0.25) is 0 Å². The van der Waals surface area contributed by atoms with Crippen LogP contribution < -0.4 is 20.5 Å². The summed E-state index contributed by atoms with van der Waals surface area (Å²) in [5.74, 6) is 1.11. The number of halogens is 2. The van der Waals surface area contributed by atoms with Crippen LogP contribution in [0.3, 0.4) is 0 Å². The number of fused-ring (bicyclic) bond motifs is 1. The maximum atomic E-state index is 11.9. The molecule has 1 aliphatic heterocycles. The molecule has 1 heterocycles. The minimum absolute atomic E-state index is 0. The van der Waals surface area contributed by atoms with Gasteiger partial charge in [0.25, 0.3) is 5.91 Å². The first-order valence-corrected chi connectivity index (χ1v) is 6.59. The topological polar surface area (TPSA) is 73.6 Å². The molecule has 0 atom stereocenters. The molecule has 0 aliphatic carbocycles. The third-order valence-corrected chi connectivity index (χ3v) is 3.11. The van der Waals surface area contributed by atoms with Crippen molar-refractivity contribution in [3.05, 3.63) is 22.2 Å². The number of carbonyl (C=O) groups excluding carboxylic acids is 1. The first kappa shape index (κ1) is 16.1. The van der Waals surface area contributed by atoms with Crippen molar-refractivity contribution in [3.63, 3.8) is 0 Å². The zero-order chi connectivity index (χ0) is 13.0. The number of benzene rings is 1. The summed E-state index contributed by atoms with van der Waals surface area (Å²) in [4.78, 5) is 11.9. The summed E-state index contributed by atoms with van der Waals surface area (Å²) < 4.78 is 11.7. The lowest BCUT2D eigenvalue weighted by Gasteiger charge is -2.20. The standard InChI is InChI=1S/C12H15BrN2O3.ClH/c13-9-6-8(12(16)15-3-1-2-14)7-10-11(9)18-5-4-17-10;/h6-7H,1-5,14H2,(H,15,16);1H. The van der Waals surface area contributed by atoms with E-state index in [1.165, 1.54) is 0 Å². The van der Waals surface area contributed by atoms with Gasteiger partial charge in [-0.25, -0.2) is 0 Å². The van der Waals surface area contributed by atoms with Crippen LogP contribution in [0.15, 0.2) is 16.6 Å². The molecule has 0 unspecified atom stereocenters. The van der Waals surface area contributed by atoms with E-state index >= 15 is 0 Å². The first-order chi connectivity index (χ1) is 8.72. The number of hydrogen-bond acceptors (Lipinski definition) is 4. The largest absolute Gasteiger partial charge is 0.486 e. The molecular formula is C12H16BrClN2O3. The Morgan fingerprint density at radius 3 is 2.84 bits per heavy atom. The highest BCUT2D eigenvalue weighted by Gasteiger charge is 2.18. The maximum absolute atomic E-state index is 11.9. The molecule has 1 aromatic rings. The van der Waals surface area contributed by atoms with Crippen LogP contribution in [0.1, 0.15) is 16.8 Å². The van der Waals surface area contributed by atoms with E-state index in [-0.39, 0.29) is 18.3 Å². The Bertz CT molecular complexity index is 457. The van der Waals surface area contributed by atoms with Gasteiger partial charge in [0.2, 0.25) is 0 Å². The normalized spacial score (nSPS) is 12.5. The average molecular weight is 352 g/mol. The predicted molar refractivity (Wildman–Crippen MR) is 78.4 cm³/mol. The van der Waals surface area contributed by atoms with Crippen molar-refractivity contribution in [3.8, 4) is 11.5 Å². The van der Waals surface area contributed by atoms with Gasteiger partial charge >= 0.3 is 0 Å². The van der Waals surface area contributed by atoms with Crippen LogP contribution >= 0.6 is 28.3 Å². The number of nitrogens with two attached hydrogens (primary N) is 1. The quantitative estimate of drug-likeness (QED) is 0.810. The average Bonchev–Trinajstić information content (AvgIpc) is 2.39. The molecule has 0 radical (unpaired) electrons. The van der Waals surface area contributed by atoms with Crippen molar-refractivity contribution in [2.45, 2.75) is 6.42 Å². The van der Waals surface area contributed by atoms with Gasteiger partial charge in [0.15, 0.2) is 11.5 Å². The van der Waals surface area contributed by atoms with E-state index in [9.17, 15) is 4.79 Å². The number of hydrogen-bond donors (Lipinski definition) is 2. The Kier molecular flexibility index (Phi) is 6.41. The Balaban J connectivity index is 0.00000180. The number of ether oxygens (including phenoxy) is 2. The van der Waals surface area contributed by atoms with Gasteiger partial charge in [-0.2, -0.15) is 0 Å². The van der Waals surface area contributed by atoms with Gasteiger partial charge in [0.05, 0.1) is 4.47 Å². The zero-order valence-corrected chi connectivity index (χ0v) is 12.7. The van der Waals surface area contributed by atoms with Gasteiger partial charge in [-0.15, -0.1) is 12.4 Å². The van der Waals surface area contributed by atoms with Crippen LogP contribution in [-0.2, 0) is 0 Å². The van der Waals surface area contributed by atoms with Gasteiger partial charge in [0, 0.05) is 12.1 Å². The smallest absolute Gasteiger partial charge is 0.251 e. The maximum Gasteiger partial charge on any atom is 0.251 e. The number of amides is 1. The molecule has 1 aromatic carbocycles. The molecule has 0 bridgehead atoms. The van der Waals surface area contributed by atoms with E-state index < -0.39 is 0 Å². The highest BCUT2D eigenvalue weighted by molar-refractivity contribution is 9.10. The van der Waals surface area contributed by atoms with Gasteiger partial charge in [-0.1, -0.05) is 0 Å². The summed E-state index contributed by atoms with van der Waals surface area (Å²) in [5, 5.41) is 2.80. The van der Waals surface area contributed by atoms with E-state index in [2.05, 4.69) is 21.2 Å². The number of carbonyl (C=O) groups is 1. The summed E-state index contributed by atoms with van der Waals surface area (Å²) in [5.41, 5.74) is 5.92. The number of rotatable bonds is 4. The molecule has 106 valence electrons. The summed E-state index contributed by atoms with van der Waals surface area (Å²) in [6, 6.07) is 3.42. The second kappa shape index (κ2) is 7.57. The van der Waals surface area contributed by atoms with E-state index in [0.717, 1.165) is 10.9 Å². The third-order valence-electron chi connectivity index (χ3n) is 2.53. The van der Waals surface area contributed by atoms with Crippen molar-refractivity contribution >= 4 is 34.2 Å². The first-order valence-electron chi connectivity index (χ1n) is 5.80. The van der Waals surface area contributed by atoms with E-state index in [0.29, 0.717) is 43.4 Å². The highest BCUT2D eigenvalue weighted by Crippen LogP contribution is 2.38. The Morgan fingerprint density at radius 1 is 1.37 bits per heavy atom. The second-order valence-corrected chi connectivity index (χ2v) is 4.73. The van der Waals surface area contributed by atoms with Crippen LogP contribution in [0.5, 0.6) is 11.5 Å². The molecule has 0 fully saturated rings. The zero-order valence-electron chi connectivity index (χ0n) is 10.3. The second-order valence-electron chi connectivity index (χ2n) is 3.88. The molecule has 2 rings (SSSR count). The summed E-state index contributed by atoms with van der Waals surface area (Å²) in [6.45, 7) is 2.15. The fraction of sp³-hybridized carbons (Fsp3) is 0.417. The molecular weight excluding hydrogens is 336 g/mol. The summed E-state index contributed by atoms with van der Waals surface area (Å²) in [7, 11) is 0. The lowest BCUT2D eigenvalue weighted by atomic mass is 10.2. The Labute approximate surface area is 126 Å². The molecule has 0 saturated carbocycles. The van der Waals surface area contributed by atoms with Gasteiger partial charge in [-0.3, -0.25) is 4.79 Å². The fourth-order valence-corrected chi connectivity index (χ4v) is 2.20. The monoisotopic (exact) mass is 350 g/mol. The fourth-order valence-electron chi connectivity index (χ4n) is 1.65. The Hall–Kier alpha value is -0.980. The molecule has 0 saturated heterocycles. The minimum Gasteiger partial charge on any atom is -0.486 e. The van der Waals surface area contributed by atoms with Gasteiger partial charge in [0.1, 0.15) is 13.2 Å². The molecule has 1 aliphatic rings. The molecule has 3 N–H and O–H groups in total. The van der Waals surface area contributed by atoms with Crippen LogP contribution in [-0.4, -0.2) is 32.2 Å². The molecule has 7 heteroatoms. The van der Waals surface area contributed by atoms with Gasteiger partial charge < -0.3 is 20.5 Å². The van der Waals surface area contributed by atoms with Crippen molar-refractivity contribution in [1.82, 2.24) is 5.32 Å². The minimum atomic E-state index is -0.138. The molecule has 0 aromatic heterocycles. The highest BCUT2D eigenvalue weighted by atomic mass is 79.9. The van der Waals surface area contributed by atoms with Gasteiger partial charge in [-0.05, 0) is 41.0 Å². The van der Waals surface area contributed by atoms with Crippen molar-refractivity contribution in [2.24, 2.45) is 5.73 Å². The van der Waals surface area contributed by atoms with Crippen LogP contribution in [0, 0.1) is 0 Å². The Morgan fingerprint density at radius 2 is 2.11 bits per heavy atom. The summed E-state index contributed by atoms with van der Waals surface area (Å²) >= 11 is 3.38. The van der Waals surface area contributed by atoms with Crippen LogP contribution in [0.4, 0.5) is 0 Å². The molecule has 0 spiro atoms. The molecule has 1 amide bonds. The summed E-state index contributed by atoms with van der Waals surface area (Å²) in [6.07, 6.45) is 0.761. The lowest BCUT2D eigenvalue weighted by Crippen LogP contribution is -2.26. The molecule has 5 nitrogen and oxygen atoms in total. The van der Waals surface area contributed by atoms with Crippen molar-refractivity contribution < 1.29 is 14.3 Å². The van der Waals surface area contributed by atoms with Crippen LogP contribution in [0.25, 0.3) is 0 Å². The SMILES string of the molecule is Cl.NCCCNC(=O)c1cc(Br)c2c(c1)OCCO2. The number of nitrogens with one attached hydrogen (secondary N) is 1. The van der Waals surface area contributed by atoms with E-state index in [1.807, 2.05) is 0 Å². The molecule has 19 heavy (non-hydrogen) atoms. The van der Waals surface area contributed by atoms with Crippen molar-refractivity contribution in [2.75, 3.05) is 26.3 Å². The lowest BCUT2D eigenvalue weighted by molar-refractivity contribution is 0.0952. The van der Waals surface area contributed by atoms with E-state index in [4.69, 9.17) is 15.2 Å². The van der Waals surface area contributed by atoms with E-state index in [1.54, 1.807) is 12.1 Å². The third kappa shape index (κ3) is 3.99.